The first kappa shape index (κ1) is 7.98. The summed E-state index contributed by atoms with van der Waals surface area (Å²) in [6, 6.07) is 0. The smallest absolute Gasteiger partial charge is 0.176 e. The van der Waals surface area contributed by atoms with E-state index in [0.29, 0.717) is 0 Å². The number of halogens is 2. The fourth-order valence-electron chi connectivity index (χ4n) is 0.347. The van der Waals surface area contributed by atoms with Crippen molar-refractivity contribution in [1.82, 2.24) is 9.55 Å². The number of rotatable bonds is 0. The maximum atomic E-state index is 3.90. The van der Waals surface area contributed by atoms with E-state index in [1.807, 2.05) is 17.8 Å². The SMILES string of the molecule is Cl.Cn1ccnc1Br. The van der Waals surface area contributed by atoms with Crippen molar-refractivity contribution in [3.8, 4) is 0 Å². The third kappa shape index (κ3) is 1.49. The highest BCUT2D eigenvalue weighted by Gasteiger charge is 1.86. The molecule has 0 aliphatic heterocycles. The molecule has 1 heterocycles. The third-order valence-electron chi connectivity index (χ3n) is 0.762. The summed E-state index contributed by atoms with van der Waals surface area (Å²) in [5.74, 6) is 0. The first-order chi connectivity index (χ1) is 3.30. The zero-order valence-electron chi connectivity index (χ0n) is 4.34. The van der Waals surface area contributed by atoms with E-state index in [1.54, 1.807) is 6.20 Å². The topological polar surface area (TPSA) is 17.8 Å². The Balaban J connectivity index is 0.000000490. The Labute approximate surface area is 62.5 Å². The van der Waals surface area contributed by atoms with Gasteiger partial charge >= 0.3 is 0 Å². The number of aromatic nitrogens is 2. The first-order valence-electron chi connectivity index (χ1n) is 1.93. The number of aryl methyl sites for hydroxylation is 1. The monoisotopic (exact) mass is 196 g/mol. The predicted octanol–water partition coefficient (Wildman–Crippen LogP) is 1.60. The molecular weight excluding hydrogens is 191 g/mol. The fourth-order valence-corrected chi connectivity index (χ4v) is 0.584. The van der Waals surface area contributed by atoms with Crippen molar-refractivity contribution in [1.29, 1.82) is 0 Å². The van der Waals surface area contributed by atoms with Crippen LogP contribution in [0.4, 0.5) is 0 Å². The lowest BCUT2D eigenvalue weighted by atomic mass is 10.9. The van der Waals surface area contributed by atoms with Gasteiger partial charge in [0.1, 0.15) is 0 Å². The maximum absolute atomic E-state index is 3.90. The van der Waals surface area contributed by atoms with Gasteiger partial charge in [0.25, 0.3) is 0 Å². The van der Waals surface area contributed by atoms with E-state index in [2.05, 4.69) is 20.9 Å². The zero-order chi connectivity index (χ0) is 5.28. The highest BCUT2D eigenvalue weighted by Crippen LogP contribution is 2.01. The van der Waals surface area contributed by atoms with Gasteiger partial charge in [-0.25, -0.2) is 4.98 Å². The van der Waals surface area contributed by atoms with Crippen LogP contribution in [0, 0.1) is 0 Å². The lowest BCUT2D eigenvalue weighted by molar-refractivity contribution is 0.881. The van der Waals surface area contributed by atoms with Crippen molar-refractivity contribution in [3.63, 3.8) is 0 Å². The normalized spacial score (nSPS) is 8.25. The summed E-state index contributed by atoms with van der Waals surface area (Å²) < 4.78 is 2.76. The summed E-state index contributed by atoms with van der Waals surface area (Å²) in [5.41, 5.74) is 0. The number of imidazole rings is 1. The van der Waals surface area contributed by atoms with Gasteiger partial charge in [0.2, 0.25) is 0 Å². The Hall–Kier alpha value is -0.0200. The van der Waals surface area contributed by atoms with Gasteiger partial charge in [0.05, 0.1) is 0 Å². The quantitative estimate of drug-likeness (QED) is 0.618. The third-order valence-corrected chi connectivity index (χ3v) is 1.53. The van der Waals surface area contributed by atoms with Crippen molar-refractivity contribution in [3.05, 3.63) is 17.1 Å². The maximum Gasteiger partial charge on any atom is 0.176 e. The van der Waals surface area contributed by atoms with Crippen LogP contribution in [-0.2, 0) is 7.05 Å². The van der Waals surface area contributed by atoms with E-state index < -0.39 is 0 Å². The van der Waals surface area contributed by atoms with Crippen LogP contribution < -0.4 is 0 Å². The second-order valence-corrected chi connectivity index (χ2v) is 2.02. The van der Waals surface area contributed by atoms with Crippen molar-refractivity contribution in [2.75, 3.05) is 0 Å². The standard InChI is InChI=1S/C4H5BrN2.ClH/c1-7-3-2-6-4(7)5;/h2-3H,1H3;1H. The Kier molecular flexibility index (Phi) is 3.09. The van der Waals surface area contributed by atoms with E-state index in [4.69, 9.17) is 0 Å². The van der Waals surface area contributed by atoms with Gasteiger partial charge in [0, 0.05) is 19.4 Å². The van der Waals surface area contributed by atoms with E-state index in [0.717, 1.165) is 4.73 Å². The average molecular weight is 197 g/mol. The van der Waals surface area contributed by atoms with Crippen LogP contribution in [0.2, 0.25) is 0 Å². The number of hydrogen-bond donors (Lipinski definition) is 0. The van der Waals surface area contributed by atoms with Gasteiger partial charge < -0.3 is 4.57 Å². The molecule has 0 saturated carbocycles. The van der Waals surface area contributed by atoms with Crippen LogP contribution in [-0.4, -0.2) is 9.55 Å². The van der Waals surface area contributed by atoms with Crippen molar-refractivity contribution >= 4 is 28.3 Å². The molecule has 0 N–H and O–H groups in total. The van der Waals surface area contributed by atoms with E-state index >= 15 is 0 Å². The molecule has 0 spiro atoms. The molecule has 0 aromatic carbocycles. The van der Waals surface area contributed by atoms with Gasteiger partial charge in [0.15, 0.2) is 4.73 Å². The molecule has 4 heteroatoms. The van der Waals surface area contributed by atoms with Crippen molar-refractivity contribution < 1.29 is 0 Å². The van der Waals surface area contributed by atoms with Crippen LogP contribution in [0.15, 0.2) is 17.1 Å². The molecule has 1 aromatic heterocycles. The molecule has 0 radical (unpaired) electrons. The second-order valence-electron chi connectivity index (χ2n) is 1.31. The van der Waals surface area contributed by atoms with Gasteiger partial charge in [-0.2, -0.15) is 0 Å². The highest BCUT2D eigenvalue weighted by molar-refractivity contribution is 9.10. The van der Waals surface area contributed by atoms with Gasteiger partial charge in [-0.1, -0.05) is 0 Å². The summed E-state index contributed by atoms with van der Waals surface area (Å²) in [4.78, 5) is 3.90. The molecule has 0 aliphatic carbocycles. The van der Waals surface area contributed by atoms with Crippen LogP contribution in [0.5, 0.6) is 0 Å². The molecule has 8 heavy (non-hydrogen) atoms. The number of hydrogen-bond acceptors (Lipinski definition) is 1. The van der Waals surface area contributed by atoms with Crippen molar-refractivity contribution in [2.24, 2.45) is 7.05 Å². The summed E-state index contributed by atoms with van der Waals surface area (Å²) in [6.45, 7) is 0. The van der Waals surface area contributed by atoms with E-state index in [9.17, 15) is 0 Å². The molecule has 0 aliphatic rings. The summed E-state index contributed by atoms with van der Waals surface area (Å²) >= 11 is 3.22. The Morgan fingerprint density at radius 3 is 2.50 bits per heavy atom. The van der Waals surface area contributed by atoms with E-state index in [1.165, 1.54) is 0 Å². The van der Waals surface area contributed by atoms with Crippen LogP contribution in [0.3, 0.4) is 0 Å². The molecule has 1 aromatic rings. The Bertz CT molecular complexity index is 146. The molecular formula is C4H6BrClN2. The minimum atomic E-state index is 0. The number of nitrogens with zero attached hydrogens (tertiary/aromatic N) is 2. The molecule has 46 valence electrons. The molecule has 2 nitrogen and oxygen atoms in total. The minimum absolute atomic E-state index is 0. The molecule has 1 rings (SSSR count). The second kappa shape index (κ2) is 3.10. The van der Waals surface area contributed by atoms with Crippen LogP contribution >= 0.6 is 28.3 Å². The minimum Gasteiger partial charge on any atom is -0.329 e. The molecule has 0 amide bonds. The predicted molar refractivity (Wildman–Crippen MR) is 38.2 cm³/mol. The largest absolute Gasteiger partial charge is 0.329 e. The van der Waals surface area contributed by atoms with E-state index in [-0.39, 0.29) is 12.4 Å². The lowest BCUT2D eigenvalue weighted by Crippen LogP contribution is -1.82. The Morgan fingerprint density at radius 2 is 2.38 bits per heavy atom. The lowest BCUT2D eigenvalue weighted by Gasteiger charge is -1.85. The average Bonchev–Trinajstić information content (AvgIpc) is 1.91. The van der Waals surface area contributed by atoms with Crippen molar-refractivity contribution in [2.45, 2.75) is 0 Å². The van der Waals surface area contributed by atoms with Gasteiger partial charge in [-0.15, -0.1) is 12.4 Å². The van der Waals surface area contributed by atoms with Crippen LogP contribution in [0.1, 0.15) is 0 Å². The molecule has 0 saturated heterocycles. The summed E-state index contributed by atoms with van der Waals surface area (Å²) in [7, 11) is 1.93. The zero-order valence-corrected chi connectivity index (χ0v) is 6.74. The Morgan fingerprint density at radius 1 is 1.75 bits per heavy atom. The summed E-state index contributed by atoms with van der Waals surface area (Å²) in [6.07, 6.45) is 3.62. The highest BCUT2D eigenvalue weighted by atomic mass is 79.9. The van der Waals surface area contributed by atoms with Gasteiger partial charge in [-0.3, -0.25) is 0 Å². The molecule has 0 bridgehead atoms. The fraction of sp³-hybridized carbons (Fsp3) is 0.250. The van der Waals surface area contributed by atoms with Crippen LogP contribution in [0.25, 0.3) is 0 Å². The van der Waals surface area contributed by atoms with Gasteiger partial charge in [-0.05, 0) is 15.9 Å². The summed E-state index contributed by atoms with van der Waals surface area (Å²) in [5, 5.41) is 0. The molecule has 0 atom stereocenters. The first-order valence-corrected chi connectivity index (χ1v) is 2.73. The molecule has 0 unspecified atom stereocenters. The molecule has 0 fully saturated rings.